The van der Waals surface area contributed by atoms with Crippen molar-refractivity contribution >= 4 is 21.7 Å². The third kappa shape index (κ3) is 3.66. The first-order valence-corrected chi connectivity index (χ1v) is 7.37. The van der Waals surface area contributed by atoms with E-state index in [1.807, 2.05) is 25.1 Å². The molecule has 1 aliphatic rings. The smallest absolute Gasteiger partial charge is 0.164 e. The van der Waals surface area contributed by atoms with Crippen LogP contribution in [0.25, 0.3) is 0 Å². The maximum Gasteiger partial charge on any atom is 0.164 e. The van der Waals surface area contributed by atoms with E-state index in [1.54, 1.807) is 0 Å². The van der Waals surface area contributed by atoms with Gasteiger partial charge in [0.15, 0.2) is 5.78 Å². The number of benzene rings is 1. The Morgan fingerprint density at radius 1 is 1.50 bits per heavy atom. The Kier molecular flexibility index (Phi) is 4.95. The van der Waals surface area contributed by atoms with Crippen LogP contribution in [0.2, 0.25) is 0 Å². The predicted octanol–water partition coefficient (Wildman–Crippen LogP) is 4.29. The standard InChI is InChI=1S/C15H19BrO2/c1-11-7-8-13(14(16)10-11)15(17)6-2-4-12-5-3-9-18-12/h7-8,10,12H,2-6,9H2,1H3. The zero-order valence-electron chi connectivity index (χ0n) is 10.7. The van der Waals surface area contributed by atoms with Crippen LogP contribution in [0.1, 0.15) is 48.0 Å². The number of Topliss-reactive ketones (excluding diaryl/α,β-unsaturated/α-hetero) is 1. The van der Waals surface area contributed by atoms with Gasteiger partial charge in [0, 0.05) is 23.1 Å². The van der Waals surface area contributed by atoms with Crippen LogP contribution in [0.3, 0.4) is 0 Å². The van der Waals surface area contributed by atoms with Crippen LogP contribution in [0.5, 0.6) is 0 Å². The fourth-order valence-corrected chi connectivity index (χ4v) is 3.06. The van der Waals surface area contributed by atoms with Gasteiger partial charge in [-0.3, -0.25) is 4.79 Å². The Labute approximate surface area is 117 Å². The highest BCUT2D eigenvalue weighted by Gasteiger charge is 2.16. The van der Waals surface area contributed by atoms with Crippen LogP contribution in [0.15, 0.2) is 22.7 Å². The number of hydrogen-bond donors (Lipinski definition) is 0. The lowest BCUT2D eigenvalue weighted by Gasteiger charge is -2.09. The maximum absolute atomic E-state index is 12.1. The summed E-state index contributed by atoms with van der Waals surface area (Å²) >= 11 is 3.46. The number of aryl methyl sites for hydroxylation is 1. The molecule has 0 saturated carbocycles. The second-order valence-corrected chi connectivity index (χ2v) is 5.79. The van der Waals surface area contributed by atoms with Gasteiger partial charge in [-0.25, -0.2) is 0 Å². The minimum Gasteiger partial charge on any atom is -0.378 e. The highest BCUT2D eigenvalue weighted by atomic mass is 79.9. The number of rotatable bonds is 5. The van der Waals surface area contributed by atoms with Crippen molar-refractivity contribution in [1.29, 1.82) is 0 Å². The highest BCUT2D eigenvalue weighted by Crippen LogP contribution is 2.22. The van der Waals surface area contributed by atoms with Crippen molar-refractivity contribution in [3.63, 3.8) is 0 Å². The van der Waals surface area contributed by atoms with E-state index in [4.69, 9.17) is 4.74 Å². The molecule has 0 N–H and O–H groups in total. The Hall–Kier alpha value is -0.670. The first-order chi connectivity index (χ1) is 8.66. The molecule has 0 amide bonds. The molecule has 1 saturated heterocycles. The molecule has 98 valence electrons. The summed E-state index contributed by atoms with van der Waals surface area (Å²) in [6, 6.07) is 5.89. The molecule has 18 heavy (non-hydrogen) atoms. The summed E-state index contributed by atoms with van der Waals surface area (Å²) < 4.78 is 6.47. The lowest BCUT2D eigenvalue weighted by atomic mass is 10.0. The molecule has 1 aliphatic heterocycles. The van der Waals surface area contributed by atoms with E-state index in [2.05, 4.69) is 15.9 Å². The van der Waals surface area contributed by atoms with Crippen LogP contribution in [0.4, 0.5) is 0 Å². The topological polar surface area (TPSA) is 26.3 Å². The zero-order chi connectivity index (χ0) is 13.0. The van der Waals surface area contributed by atoms with Gasteiger partial charge < -0.3 is 4.74 Å². The highest BCUT2D eigenvalue weighted by molar-refractivity contribution is 9.10. The Morgan fingerprint density at radius 3 is 3.00 bits per heavy atom. The van der Waals surface area contributed by atoms with Crippen molar-refractivity contribution in [2.75, 3.05) is 6.61 Å². The largest absolute Gasteiger partial charge is 0.378 e. The van der Waals surface area contributed by atoms with Crippen molar-refractivity contribution in [3.8, 4) is 0 Å². The quantitative estimate of drug-likeness (QED) is 0.758. The van der Waals surface area contributed by atoms with Gasteiger partial charge in [0.2, 0.25) is 0 Å². The van der Waals surface area contributed by atoms with Crippen LogP contribution in [-0.2, 0) is 4.74 Å². The number of carbonyl (C=O) groups is 1. The minimum absolute atomic E-state index is 0.222. The van der Waals surface area contributed by atoms with Crippen LogP contribution in [0, 0.1) is 6.92 Å². The number of halogens is 1. The van der Waals surface area contributed by atoms with Gasteiger partial charge in [0.05, 0.1) is 6.10 Å². The van der Waals surface area contributed by atoms with E-state index in [0.29, 0.717) is 12.5 Å². The third-order valence-corrected chi connectivity index (χ3v) is 4.04. The molecule has 1 heterocycles. The van der Waals surface area contributed by atoms with E-state index in [9.17, 15) is 4.79 Å². The number of ether oxygens (including phenoxy) is 1. The number of hydrogen-bond acceptors (Lipinski definition) is 2. The SMILES string of the molecule is Cc1ccc(C(=O)CCCC2CCCO2)c(Br)c1. The third-order valence-electron chi connectivity index (χ3n) is 3.38. The molecule has 0 radical (unpaired) electrons. The Morgan fingerprint density at radius 2 is 2.33 bits per heavy atom. The average molecular weight is 311 g/mol. The zero-order valence-corrected chi connectivity index (χ0v) is 12.3. The van der Waals surface area contributed by atoms with Gasteiger partial charge in [-0.05, 0) is 44.2 Å². The van der Waals surface area contributed by atoms with Crippen LogP contribution < -0.4 is 0 Å². The van der Waals surface area contributed by atoms with Crippen molar-refractivity contribution in [1.82, 2.24) is 0 Å². The first-order valence-electron chi connectivity index (χ1n) is 6.58. The summed E-state index contributed by atoms with van der Waals surface area (Å²) in [7, 11) is 0. The Balaban J connectivity index is 1.83. The lowest BCUT2D eigenvalue weighted by molar-refractivity contribution is 0.0922. The molecule has 0 spiro atoms. The molecule has 1 atom stereocenters. The molecule has 0 bridgehead atoms. The molecule has 1 unspecified atom stereocenters. The normalized spacial score (nSPS) is 19.1. The van der Waals surface area contributed by atoms with Gasteiger partial charge in [-0.15, -0.1) is 0 Å². The lowest BCUT2D eigenvalue weighted by Crippen LogP contribution is -2.07. The van der Waals surface area contributed by atoms with Gasteiger partial charge >= 0.3 is 0 Å². The molecule has 0 aromatic heterocycles. The second-order valence-electron chi connectivity index (χ2n) is 4.93. The molecular weight excluding hydrogens is 292 g/mol. The maximum atomic E-state index is 12.1. The van der Waals surface area contributed by atoms with Crippen molar-refractivity contribution in [2.24, 2.45) is 0 Å². The molecule has 1 fully saturated rings. The van der Waals surface area contributed by atoms with E-state index in [0.717, 1.165) is 41.5 Å². The molecule has 3 heteroatoms. The molecule has 2 rings (SSSR count). The summed E-state index contributed by atoms with van der Waals surface area (Å²) in [5, 5.41) is 0. The number of carbonyl (C=O) groups excluding carboxylic acids is 1. The summed E-state index contributed by atoms with van der Waals surface area (Å²) in [5.41, 5.74) is 1.96. The predicted molar refractivity (Wildman–Crippen MR) is 76.0 cm³/mol. The summed E-state index contributed by atoms with van der Waals surface area (Å²) in [6.07, 6.45) is 5.25. The van der Waals surface area contributed by atoms with E-state index >= 15 is 0 Å². The molecule has 2 nitrogen and oxygen atoms in total. The fourth-order valence-electron chi connectivity index (χ4n) is 2.34. The van der Waals surface area contributed by atoms with Gasteiger partial charge in [0.25, 0.3) is 0 Å². The molecule has 1 aromatic rings. The van der Waals surface area contributed by atoms with Gasteiger partial charge in [0.1, 0.15) is 0 Å². The van der Waals surface area contributed by atoms with E-state index in [-0.39, 0.29) is 5.78 Å². The van der Waals surface area contributed by atoms with Crippen LogP contribution >= 0.6 is 15.9 Å². The second kappa shape index (κ2) is 6.48. The van der Waals surface area contributed by atoms with E-state index < -0.39 is 0 Å². The Bertz CT molecular complexity index is 423. The van der Waals surface area contributed by atoms with Crippen molar-refractivity contribution in [3.05, 3.63) is 33.8 Å². The molecule has 1 aromatic carbocycles. The first kappa shape index (κ1) is 13.8. The summed E-state index contributed by atoms with van der Waals surface area (Å²) in [5.74, 6) is 0.222. The molecule has 0 aliphatic carbocycles. The summed E-state index contributed by atoms with van der Waals surface area (Å²) in [6.45, 7) is 2.92. The van der Waals surface area contributed by atoms with Crippen molar-refractivity contribution < 1.29 is 9.53 Å². The monoisotopic (exact) mass is 310 g/mol. The van der Waals surface area contributed by atoms with E-state index in [1.165, 1.54) is 6.42 Å². The summed E-state index contributed by atoms with van der Waals surface area (Å²) in [4.78, 5) is 12.1. The minimum atomic E-state index is 0.222. The molecular formula is C15H19BrO2. The van der Waals surface area contributed by atoms with Gasteiger partial charge in [-0.1, -0.05) is 28.1 Å². The van der Waals surface area contributed by atoms with Crippen molar-refractivity contribution in [2.45, 2.75) is 45.1 Å². The van der Waals surface area contributed by atoms with Crippen LogP contribution in [-0.4, -0.2) is 18.5 Å². The average Bonchev–Trinajstić information content (AvgIpc) is 2.81. The fraction of sp³-hybridized carbons (Fsp3) is 0.533. The number of ketones is 1. The van der Waals surface area contributed by atoms with Gasteiger partial charge in [-0.2, -0.15) is 0 Å².